The van der Waals surface area contributed by atoms with Crippen LogP contribution in [0.3, 0.4) is 0 Å². The molecule has 0 N–H and O–H groups in total. The summed E-state index contributed by atoms with van der Waals surface area (Å²) in [5.74, 6) is 0. The van der Waals surface area contributed by atoms with Crippen molar-refractivity contribution in [1.82, 2.24) is 0 Å². The van der Waals surface area contributed by atoms with Gasteiger partial charge < -0.3 is 0 Å². The van der Waals surface area contributed by atoms with Crippen LogP contribution >= 0.6 is 0 Å². The van der Waals surface area contributed by atoms with E-state index in [1.807, 2.05) is 0 Å². The van der Waals surface area contributed by atoms with Gasteiger partial charge in [0.15, 0.2) is 17.4 Å². The van der Waals surface area contributed by atoms with E-state index < -0.39 is 0 Å². The molecule has 7 heteroatoms. The van der Waals surface area contributed by atoms with E-state index in [0.717, 1.165) is 0 Å². The van der Waals surface area contributed by atoms with Gasteiger partial charge in [-0.1, -0.05) is 0 Å². The molecule has 0 amide bonds. The van der Waals surface area contributed by atoms with Crippen LogP contribution < -0.4 is 0 Å². The molecule has 0 saturated heterocycles. The maximum atomic E-state index is 0. The third-order valence-electron chi connectivity index (χ3n) is 0. The zero-order valence-corrected chi connectivity index (χ0v) is 11.6. The van der Waals surface area contributed by atoms with Crippen LogP contribution in [-0.4, -0.2) is 17.4 Å². The normalized spacial score (nSPS) is 0. The van der Waals surface area contributed by atoms with E-state index in [1.165, 1.54) is 0 Å². The smallest absolute Gasteiger partial charge is 0 e. The van der Waals surface area contributed by atoms with Gasteiger partial charge in [0.2, 0.25) is 0 Å². The van der Waals surface area contributed by atoms with Crippen LogP contribution in [0.1, 0.15) is 0 Å². The van der Waals surface area contributed by atoms with E-state index in [-0.39, 0.29) is 133 Å². The largest absolute Gasteiger partial charge is 0.187 e. The van der Waals surface area contributed by atoms with Crippen LogP contribution in [0.4, 0.5) is 0 Å². The maximum Gasteiger partial charge on any atom is 0.187 e. The summed E-state index contributed by atoms with van der Waals surface area (Å²) in [4.78, 5) is 0. The molecule has 0 bridgehead atoms. The molecule has 45 valence electrons. The molecule has 1 radical (unpaired) electrons. The van der Waals surface area contributed by atoms with E-state index in [2.05, 4.69) is 0 Å². The number of hydrogen-bond donors (Lipinski definition) is 0. The molecule has 0 aliphatic heterocycles. The number of hydrogen-bond acceptors (Lipinski definition) is 0. The minimum Gasteiger partial charge on any atom is 0 e. The van der Waals surface area contributed by atoms with Gasteiger partial charge >= 0.3 is 0 Å². The summed E-state index contributed by atoms with van der Waals surface area (Å²) in [6, 6.07) is 0. The molecule has 0 nitrogen and oxygen atoms in total. The zero-order valence-electron chi connectivity index (χ0n) is 2.43. The second-order valence-corrected chi connectivity index (χ2v) is 0. The van der Waals surface area contributed by atoms with Gasteiger partial charge in [0.25, 0.3) is 0 Å². The first-order valence-electron chi connectivity index (χ1n) is 0. The summed E-state index contributed by atoms with van der Waals surface area (Å²) < 4.78 is 0. The van der Waals surface area contributed by atoms with Crippen molar-refractivity contribution in [2.45, 2.75) is 0 Å². The topological polar surface area (TPSA) is 0 Å². The second kappa shape index (κ2) is 48.8. The van der Waals surface area contributed by atoms with Crippen molar-refractivity contribution in [2.75, 3.05) is 0 Å². The van der Waals surface area contributed by atoms with Crippen LogP contribution in [0.25, 0.3) is 0 Å². The Labute approximate surface area is 131 Å². The van der Waals surface area contributed by atoms with Crippen molar-refractivity contribution in [3.05, 3.63) is 0 Å². The molecule has 0 unspecified atom stereocenters. The molecular formula is H3AlCrFeMoNbNiTi. The van der Waals surface area contributed by atoms with Crippen molar-refractivity contribution in [1.29, 1.82) is 0 Å². The molecule has 0 aromatic heterocycles. The Morgan fingerprint density at radius 2 is 1.00 bits per heavy atom. The van der Waals surface area contributed by atoms with Crippen molar-refractivity contribution >= 4 is 17.4 Å². The van der Waals surface area contributed by atoms with E-state index in [0.29, 0.717) is 0 Å². The van der Waals surface area contributed by atoms with E-state index in [9.17, 15) is 0 Å². The fraction of sp³-hybridized carbons (Fsp3) is 0. The molecule has 7 heavy (non-hydrogen) atoms. The first-order valence-corrected chi connectivity index (χ1v) is 0. The Morgan fingerprint density at radius 3 is 1.00 bits per heavy atom. The van der Waals surface area contributed by atoms with Crippen LogP contribution in [0.2, 0.25) is 0 Å². The van der Waals surface area contributed by atoms with Gasteiger partial charge in [-0.15, -0.1) is 0 Å². The molecule has 0 rings (SSSR count). The third-order valence-corrected chi connectivity index (χ3v) is 0. The summed E-state index contributed by atoms with van der Waals surface area (Å²) in [5.41, 5.74) is 0. The zero-order chi connectivity index (χ0) is 0. The summed E-state index contributed by atoms with van der Waals surface area (Å²) >= 11 is 0. The molecule has 0 saturated carbocycles. The predicted octanol–water partition coefficient (Wildman–Crippen LogP) is -1.20. The molecule has 0 aromatic rings. The molecule has 0 aliphatic rings. The molecule has 0 atom stereocenters. The minimum atomic E-state index is 0. The van der Waals surface area contributed by atoms with Crippen LogP contribution in [0.15, 0.2) is 0 Å². The summed E-state index contributed by atoms with van der Waals surface area (Å²) in [6.45, 7) is 0. The summed E-state index contributed by atoms with van der Waals surface area (Å²) in [6.07, 6.45) is 0. The SMILES string of the molecule is [AlH3].[Cr].[Fe].[Mo].[Nb].[Ni].[Ti]. The molecule has 0 aliphatic carbocycles. The summed E-state index contributed by atoms with van der Waals surface area (Å²) in [7, 11) is 0. The minimum absolute atomic E-state index is 0. The first-order chi connectivity index (χ1) is 0. The molecular weight excluding hydrogens is 430 g/mol. The second-order valence-electron chi connectivity index (χ2n) is 0. The van der Waals surface area contributed by atoms with Gasteiger partial charge in [-0.25, -0.2) is 0 Å². The first kappa shape index (κ1) is 65.8. The third kappa shape index (κ3) is 38.8. The van der Waals surface area contributed by atoms with Crippen molar-refractivity contribution < 1.29 is 116 Å². The Kier molecular flexibility index (Phi) is 459. The van der Waals surface area contributed by atoms with E-state index in [4.69, 9.17) is 0 Å². The Morgan fingerprint density at radius 1 is 1.00 bits per heavy atom. The fourth-order valence-electron chi connectivity index (χ4n) is 0. The average molecular weight is 433 g/mol. The summed E-state index contributed by atoms with van der Waals surface area (Å²) in [5, 5.41) is 0. The van der Waals surface area contributed by atoms with Crippen molar-refractivity contribution in [3.63, 3.8) is 0 Å². The van der Waals surface area contributed by atoms with Crippen LogP contribution in [-0.2, 0) is 116 Å². The Bertz CT molecular complexity index is 19.7. The van der Waals surface area contributed by atoms with E-state index in [1.54, 1.807) is 0 Å². The van der Waals surface area contributed by atoms with Gasteiger partial charge in [0.1, 0.15) is 0 Å². The van der Waals surface area contributed by atoms with Gasteiger partial charge in [0.05, 0.1) is 0 Å². The van der Waals surface area contributed by atoms with Gasteiger partial charge in [-0.05, 0) is 0 Å². The van der Waals surface area contributed by atoms with Gasteiger partial charge in [-0.2, -0.15) is 0 Å². The molecule has 0 heterocycles. The predicted molar refractivity (Wildman–Crippen MR) is 9.94 cm³/mol. The standard InChI is InChI=1S/Al.Cr.Fe.Mo.Nb.Ni.Ti.3H. The van der Waals surface area contributed by atoms with Crippen LogP contribution in [0.5, 0.6) is 0 Å². The average Bonchev–Trinajstić information content (AvgIpc) is 0. The molecule has 0 aromatic carbocycles. The van der Waals surface area contributed by atoms with Crippen LogP contribution in [0, 0.1) is 0 Å². The molecule has 0 fully saturated rings. The van der Waals surface area contributed by atoms with E-state index >= 15 is 0 Å². The Hall–Kier alpha value is 4.22. The van der Waals surface area contributed by atoms with Crippen molar-refractivity contribution in [3.8, 4) is 0 Å². The monoisotopic (exact) mass is 435 g/mol. The quantitative estimate of drug-likeness (QED) is 0.422. The van der Waals surface area contributed by atoms with Gasteiger partial charge in [0, 0.05) is 116 Å². The Balaban J connectivity index is 0. The fourth-order valence-corrected chi connectivity index (χ4v) is 0. The van der Waals surface area contributed by atoms with Crippen molar-refractivity contribution in [2.24, 2.45) is 0 Å². The number of rotatable bonds is 0. The maximum absolute atomic E-state index is 0. The van der Waals surface area contributed by atoms with Gasteiger partial charge in [-0.3, -0.25) is 0 Å². The molecule has 0 spiro atoms.